The molecule has 0 atom stereocenters. The van der Waals surface area contributed by atoms with Gasteiger partial charge in [0.05, 0.1) is 6.54 Å². The highest BCUT2D eigenvalue weighted by Crippen LogP contribution is 2.14. The van der Waals surface area contributed by atoms with E-state index in [0.717, 1.165) is 15.6 Å². The molecule has 0 heterocycles. The van der Waals surface area contributed by atoms with Crippen molar-refractivity contribution in [1.82, 2.24) is 10.6 Å². The molecule has 164 valence electrons. The van der Waals surface area contributed by atoms with Crippen LogP contribution in [0.4, 0.5) is 16.2 Å². The summed E-state index contributed by atoms with van der Waals surface area (Å²) < 4.78 is 0.788. The highest BCUT2D eigenvalue weighted by molar-refractivity contribution is 9.10. The number of halogens is 1. The number of carbonyl (C=O) groups is 3. The Hall–Kier alpha value is -3.65. The van der Waals surface area contributed by atoms with Crippen molar-refractivity contribution in [3.63, 3.8) is 0 Å². The molecule has 0 unspecified atom stereocenters. The fourth-order valence-corrected chi connectivity index (χ4v) is 3.33. The van der Waals surface area contributed by atoms with Gasteiger partial charge in [0.25, 0.3) is 5.91 Å². The first-order valence-corrected chi connectivity index (χ1v) is 10.7. The van der Waals surface area contributed by atoms with Crippen molar-refractivity contribution in [3.05, 3.63) is 94.0 Å². The number of carbonyl (C=O) groups excluding carboxylic acids is 3. The first-order valence-electron chi connectivity index (χ1n) is 9.93. The minimum atomic E-state index is -0.355. The Morgan fingerprint density at radius 2 is 1.50 bits per heavy atom. The van der Waals surface area contributed by atoms with Gasteiger partial charge in [-0.25, -0.2) is 4.79 Å². The molecule has 0 saturated carbocycles. The largest absolute Gasteiger partial charge is 0.350 e. The molecule has 3 aromatic rings. The summed E-state index contributed by atoms with van der Waals surface area (Å²) in [6.45, 7) is 2.08. The van der Waals surface area contributed by atoms with Crippen LogP contribution in [0.5, 0.6) is 0 Å². The predicted octanol–water partition coefficient (Wildman–Crippen LogP) is 4.45. The van der Waals surface area contributed by atoms with Crippen molar-refractivity contribution >= 4 is 45.2 Å². The van der Waals surface area contributed by atoms with Gasteiger partial charge < -0.3 is 21.3 Å². The second-order valence-corrected chi connectivity index (χ2v) is 8.03. The third-order valence-electron chi connectivity index (χ3n) is 4.45. The Morgan fingerprint density at radius 1 is 0.812 bits per heavy atom. The molecule has 0 bridgehead atoms. The lowest BCUT2D eigenvalue weighted by Crippen LogP contribution is -2.36. The Labute approximate surface area is 194 Å². The first-order chi connectivity index (χ1) is 15.4. The number of urea groups is 1. The van der Waals surface area contributed by atoms with Crippen LogP contribution >= 0.6 is 15.9 Å². The minimum absolute atomic E-state index is 0.137. The van der Waals surface area contributed by atoms with E-state index in [9.17, 15) is 14.4 Å². The van der Waals surface area contributed by atoms with Crippen molar-refractivity contribution in [2.45, 2.75) is 13.5 Å². The summed E-state index contributed by atoms with van der Waals surface area (Å²) in [7, 11) is 0. The predicted molar refractivity (Wildman–Crippen MR) is 129 cm³/mol. The van der Waals surface area contributed by atoms with Gasteiger partial charge >= 0.3 is 6.03 Å². The van der Waals surface area contributed by atoms with E-state index in [4.69, 9.17) is 0 Å². The number of amides is 4. The number of hydrogen-bond acceptors (Lipinski definition) is 3. The maximum Gasteiger partial charge on any atom is 0.323 e. The molecule has 7 nitrogen and oxygen atoms in total. The summed E-state index contributed by atoms with van der Waals surface area (Å²) in [4.78, 5) is 36.4. The molecule has 3 rings (SSSR count). The Balaban J connectivity index is 1.46. The second kappa shape index (κ2) is 11.1. The molecule has 0 aliphatic rings. The highest BCUT2D eigenvalue weighted by atomic mass is 79.9. The third-order valence-corrected chi connectivity index (χ3v) is 4.94. The second-order valence-electron chi connectivity index (χ2n) is 7.12. The van der Waals surface area contributed by atoms with Gasteiger partial charge in [0, 0.05) is 28.0 Å². The lowest BCUT2D eigenvalue weighted by Gasteiger charge is -2.10. The standard InChI is InChI=1S/C24H23BrN4O3/c1-16-5-2-9-20(11-16)28-24(32)29-21-10-3-6-17(12-21)14-26-22(30)15-27-23(31)18-7-4-8-19(25)13-18/h2-13H,14-15H2,1H3,(H,26,30)(H,27,31)(H2,28,29,32). The van der Waals surface area contributed by atoms with Gasteiger partial charge in [0.2, 0.25) is 5.91 Å². The fraction of sp³-hybridized carbons (Fsp3) is 0.125. The van der Waals surface area contributed by atoms with Crippen molar-refractivity contribution in [2.75, 3.05) is 17.2 Å². The lowest BCUT2D eigenvalue weighted by molar-refractivity contribution is -0.120. The summed E-state index contributed by atoms with van der Waals surface area (Å²) in [5, 5.41) is 10.9. The number of benzene rings is 3. The van der Waals surface area contributed by atoms with Gasteiger partial charge in [-0.3, -0.25) is 9.59 Å². The van der Waals surface area contributed by atoms with Crippen LogP contribution in [0.3, 0.4) is 0 Å². The molecule has 0 saturated heterocycles. The maximum absolute atomic E-state index is 12.2. The molecule has 0 radical (unpaired) electrons. The topological polar surface area (TPSA) is 99.3 Å². The van der Waals surface area contributed by atoms with Gasteiger partial charge in [-0.15, -0.1) is 0 Å². The number of hydrogen-bond donors (Lipinski definition) is 4. The van der Waals surface area contributed by atoms with Crippen molar-refractivity contribution in [3.8, 4) is 0 Å². The van der Waals surface area contributed by atoms with Gasteiger partial charge in [0.15, 0.2) is 0 Å². The SMILES string of the molecule is Cc1cccc(NC(=O)Nc2cccc(CNC(=O)CNC(=O)c3cccc(Br)c3)c2)c1. The smallest absolute Gasteiger partial charge is 0.323 e. The fourth-order valence-electron chi connectivity index (χ4n) is 2.93. The van der Waals surface area contributed by atoms with E-state index in [0.29, 0.717) is 16.9 Å². The van der Waals surface area contributed by atoms with Crippen LogP contribution < -0.4 is 21.3 Å². The molecule has 4 N–H and O–H groups in total. The average Bonchev–Trinajstić information content (AvgIpc) is 2.76. The van der Waals surface area contributed by atoms with Crippen LogP contribution in [-0.4, -0.2) is 24.4 Å². The summed E-state index contributed by atoms with van der Waals surface area (Å²) >= 11 is 3.31. The first kappa shape index (κ1) is 23.0. The zero-order chi connectivity index (χ0) is 22.9. The highest BCUT2D eigenvalue weighted by Gasteiger charge is 2.09. The summed E-state index contributed by atoms with van der Waals surface area (Å²) in [5.74, 6) is -0.642. The van der Waals surface area contributed by atoms with Gasteiger partial charge in [-0.2, -0.15) is 0 Å². The molecule has 0 aliphatic carbocycles. The Kier molecular flexibility index (Phi) is 7.99. The van der Waals surface area contributed by atoms with E-state index in [2.05, 4.69) is 37.2 Å². The number of nitrogens with one attached hydrogen (secondary N) is 4. The normalized spacial score (nSPS) is 10.2. The Morgan fingerprint density at radius 3 is 2.22 bits per heavy atom. The summed E-state index contributed by atoms with van der Waals surface area (Å²) in [6, 6.07) is 21.2. The van der Waals surface area contributed by atoms with E-state index in [-0.39, 0.29) is 30.9 Å². The van der Waals surface area contributed by atoms with E-state index in [1.807, 2.05) is 43.3 Å². The molecule has 0 fully saturated rings. The van der Waals surface area contributed by atoms with Crippen LogP contribution in [0.15, 0.2) is 77.3 Å². The molecule has 0 aliphatic heterocycles. The van der Waals surface area contributed by atoms with Crippen LogP contribution in [-0.2, 0) is 11.3 Å². The van der Waals surface area contributed by atoms with Crippen molar-refractivity contribution in [1.29, 1.82) is 0 Å². The van der Waals surface area contributed by atoms with Crippen molar-refractivity contribution < 1.29 is 14.4 Å². The minimum Gasteiger partial charge on any atom is -0.350 e. The molecule has 8 heteroatoms. The quantitative estimate of drug-likeness (QED) is 0.390. The summed E-state index contributed by atoms with van der Waals surface area (Å²) in [6.07, 6.45) is 0. The molecule has 0 spiro atoms. The third kappa shape index (κ3) is 7.24. The number of aryl methyl sites for hydroxylation is 1. The van der Waals surface area contributed by atoms with Gasteiger partial charge in [0.1, 0.15) is 0 Å². The molecule has 0 aromatic heterocycles. The van der Waals surface area contributed by atoms with Crippen LogP contribution in [0, 0.1) is 6.92 Å². The molecular formula is C24H23BrN4O3. The maximum atomic E-state index is 12.2. The van der Waals surface area contributed by atoms with Crippen LogP contribution in [0.1, 0.15) is 21.5 Å². The van der Waals surface area contributed by atoms with E-state index < -0.39 is 0 Å². The number of anilines is 2. The van der Waals surface area contributed by atoms with E-state index in [1.165, 1.54) is 0 Å². The molecule has 3 aromatic carbocycles. The van der Waals surface area contributed by atoms with Gasteiger partial charge in [-0.05, 0) is 60.5 Å². The zero-order valence-electron chi connectivity index (χ0n) is 17.4. The zero-order valence-corrected chi connectivity index (χ0v) is 19.0. The molecule has 4 amide bonds. The van der Waals surface area contributed by atoms with Gasteiger partial charge in [-0.1, -0.05) is 46.3 Å². The van der Waals surface area contributed by atoms with Crippen LogP contribution in [0.25, 0.3) is 0 Å². The lowest BCUT2D eigenvalue weighted by atomic mass is 10.2. The monoisotopic (exact) mass is 494 g/mol. The Bertz CT molecular complexity index is 1130. The number of rotatable bonds is 7. The van der Waals surface area contributed by atoms with Crippen LogP contribution in [0.2, 0.25) is 0 Å². The van der Waals surface area contributed by atoms with E-state index >= 15 is 0 Å². The average molecular weight is 495 g/mol. The molecular weight excluding hydrogens is 472 g/mol. The van der Waals surface area contributed by atoms with Crippen molar-refractivity contribution in [2.24, 2.45) is 0 Å². The van der Waals surface area contributed by atoms with E-state index in [1.54, 1.807) is 36.4 Å². The molecule has 32 heavy (non-hydrogen) atoms. The summed E-state index contributed by atoms with van der Waals surface area (Å²) in [5.41, 5.74) is 3.63.